The Morgan fingerprint density at radius 1 is 0.981 bits per heavy atom. The lowest BCUT2D eigenvalue weighted by atomic mass is 9.69. The molecule has 54 heavy (non-hydrogen) atoms. The zero-order chi connectivity index (χ0) is 37.0. The van der Waals surface area contributed by atoms with E-state index < -0.39 is 6.04 Å². The minimum absolute atomic E-state index is 0.0474. The van der Waals surface area contributed by atoms with Crippen molar-refractivity contribution in [1.82, 2.24) is 29.7 Å². The van der Waals surface area contributed by atoms with E-state index in [1.54, 1.807) is 11.3 Å². The number of piperidine rings is 2. The molecule has 1 spiro atoms. The van der Waals surface area contributed by atoms with Crippen molar-refractivity contribution >= 4 is 50.5 Å². The number of aromatic nitrogens is 3. The molecule has 11 heteroatoms. The number of likely N-dealkylation sites (tertiary alicyclic amines) is 2. The lowest BCUT2D eigenvalue weighted by molar-refractivity contribution is -0.136. The minimum atomic E-state index is -0.700. The third kappa shape index (κ3) is 6.03. The maximum atomic E-state index is 13.8. The van der Waals surface area contributed by atoms with Gasteiger partial charge in [-0.05, 0) is 121 Å². The highest BCUT2D eigenvalue weighted by atomic mass is 79.9. The van der Waals surface area contributed by atoms with Gasteiger partial charge in [-0.3, -0.25) is 19.0 Å². The predicted octanol–water partition coefficient (Wildman–Crippen LogP) is 7.80. The number of halogens is 1. The topological polar surface area (TPSA) is 100 Å². The average Bonchev–Trinajstić information content (AvgIpc) is 3.75. The molecule has 1 atom stereocenters. The number of nitrogens with zero attached hydrogens (tertiary/aromatic N) is 5. The monoisotopic (exact) mass is 804 g/mol. The van der Waals surface area contributed by atoms with Crippen molar-refractivity contribution < 1.29 is 9.59 Å². The van der Waals surface area contributed by atoms with Gasteiger partial charge in [0.1, 0.15) is 11.9 Å². The molecule has 1 saturated carbocycles. The van der Waals surface area contributed by atoms with Gasteiger partial charge in [-0.1, -0.05) is 61.7 Å². The van der Waals surface area contributed by atoms with Crippen LogP contribution >= 0.6 is 27.3 Å². The fourth-order valence-electron chi connectivity index (χ4n) is 9.97. The fourth-order valence-corrected chi connectivity index (χ4v) is 11.3. The number of carbonyl (C=O) groups excluding carboxylic acids is 2. The molecule has 4 aliphatic rings. The molecule has 5 heterocycles. The number of fused-ring (bicyclic) bond motifs is 7. The van der Waals surface area contributed by atoms with E-state index >= 15 is 0 Å². The van der Waals surface area contributed by atoms with Crippen LogP contribution in [-0.2, 0) is 15.0 Å². The van der Waals surface area contributed by atoms with Crippen molar-refractivity contribution in [2.75, 3.05) is 26.2 Å². The Morgan fingerprint density at radius 3 is 2.44 bits per heavy atom. The van der Waals surface area contributed by atoms with Crippen LogP contribution in [0.5, 0.6) is 0 Å². The van der Waals surface area contributed by atoms with Gasteiger partial charge < -0.3 is 15.1 Å². The highest BCUT2D eigenvalue weighted by Crippen LogP contribution is 2.52. The lowest BCUT2D eigenvalue weighted by Gasteiger charge is -2.42. The highest BCUT2D eigenvalue weighted by molar-refractivity contribution is 9.10. The van der Waals surface area contributed by atoms with Crippen LogP contribution in [0.15, 0.2) is 75.4 Å². The molecule has 5 aromatic rings. The first-order valence-electron chi connectivity index (χ1n) is 19.5. The number of nitrogens with one attached hydrogen (secondary N) is 1. The summed E-state index contributed by atoms with van der Waals surface area (Å²) in [6.45, 7) is 5.43. The van der Waals surface area contributed by atoms with E-state index in [1.807, 2.05) is 53.7 Å². The van der Waals surface area contributed by atoms with Gasteiger partial charge in [0.2, 0.25) is 12.3 Å². The van der Waals surface area contributed by atoms with Gasteiger partial charge in [-0.2, -0.15) is 4.98 Å². The molecular formula is C43H45BrN6O3S. The summed E-state index contributed by atoms with van der Waals surface area (Å²) in [5.41, 5.74) is 9.18. The third-order valence-electron chi connectivity index (χ3n) is 12.8. The second-order valence-electron chi connectivity index (χ2n) is 15.6. The van der Waals surface area contributed by atoms with Crippen molar-refractivity contribution in [2.24, 2.45) is 0 Å². The number of hydrogen-bond acceptors (Lipinski definition) is 7. The Bertz CT molecular complexity index is 2280. The summed E-state index contributed by atoms with van der Waals surface area (Å²) < 4.78 is 3.10. The lowest BCUT2D eigenvalue weighted by Crippen LogP contribution is -2.50. The van der Waals surface area contributed by atoms with Crippen LogP contribution in [0, 0.1) is 6.92 Å². The molecule has 3 aliphatic heterocycles. The normalized spacial score (nSPS) is 19.5. The number of rotatable bonds is 7. The van der Waals surface area contributed by atoms with Crippen molar-refractivity contribution in [3.05, 3.63) is 109 Å². The molecule has 3 fully saturated rings. The second kappa shape index (κ2) is 14.5. The number of aryl methyl sites for hydroxylation is 1. The van der Waals surface area contributed by atoms with Crippen LogP contribution in [-0.4, -0.2) is 68.9 Å². The smallest absolute Gasteiger partial charge is 0.281 e. The molecule has 2 amide bonds. The van der Waals surface area contributed by atoms with E-state index in [2.05, 4.69) is 60.0 Å². The minimum Gasteiger partial charge on any atom is -0.343 e. The molecule has 3 aromatic carbocycles. The molecule has 2 saturated heterocycles. The van der Waals surface area contributed by atoms with Crippen LogP contribution in [0.4, 0.5) is 0 Å². The average molecular weight is 806 g/mol. The zero-order valence-corrected chi connectivity index (χ0v) is 33.0. The highest BCUT2D eigenvalue weighted by Gasteiger charge is 2.47. The number of carbonyl (C=O) groups is 2. The van der Waals surface area contributed by atoms with Gasteiger partial charge in [0.25, 0.3) is 5.56 Å². The Balaban J connectivity index is 0.874. The predicted molar refractivity (Wildman–Crippen MR) is 216 cm³/mol. The summed E-state index contributed by atoms with van der Waals surface area (Å²) >= 11 is 5.25. The molecule has 9 nitrogen and oxygen atoms in total. The summed E-state index contributed by atoms with van der Waals surface area (Å²) in [7, 11) is 0. The van der Waals surface area contributed by atoms with Gasteiger partial charge in [0.15, 0.2) is 0 Å². The first kappa shape index (κ1) is 35.5. The molecule has 1 unspecified atom stereocenters. The fraction of sp³-hybridized carbons (Fsp3) is 0.419. The number of benzene rings is 3. The van der Waals surface area contributed by atoms with Crippen LogP contribution < -0.4 is 10.9 Å². The maximum absolute atomic E-state index is 13.8. The number of hydrogen-bond donors (Lipinski definition) is 1. The summed E-state index contributed by atoms with van der Waals surface area (Å²) in [5.74, 6) is 1.35. The first-order valence-corrected chi connectivity index (χ1v) is 21.1. The van der Waals surface area contributed by atoms with Gasteiger partial charge >= 0.3 is 0 Å². The molecule has 2 aromatic heterocycles. The molecule has 0 bridgehead atoms. The zero-order valence-electron chi connectivity index (χ0n) is 30.6. The van der Waals surface area contributed by atoms with Gasteiger partial charge in [-0.25, -0.2) is 4.98 Å². The van der Waals surface area contributed by atoms with Crippen molar-refractivity contribution in [3.8, 4) is 16.1 Å². The Labute approximate surface area is 327 Å². The van der Waals surface area contributed by atoms with E-state index in [-0.39, 0.29) is 16.9 Å². The SMILES string of the molecule is Cc1ncsc1-c1ccc(C(NC=O)C(=O)N2CCC(N3CCC(c4ccc5c(c4)-n4c(nc(=O)c6c(Br)cccc64)C54CCCCC4)CC3)CC2)cc1. The summed E-state index contributed by atoms with van der Waals surface area (Å²) in [4.78, 5) is 53.7. The molecular weight excluding hydrogens is 760 g/mol. The quantitative estimate of drug-likeness (QED) is 0.169. The van der Waals surface area contributed by atoms with Gasteiger partial charge in [-0.15, -0.1) is 11.3 Å². The summed E-state index contributed by atoms with van der Waals surface area (Å²) in [6, 6.07) is 20.8. The van der Waals surface area contributed by atoms with E-state index in [0.717, 1.165) is 102 Å². The van der Waals surface area contributed by atoms with E-state index in [4.69, 9.17) is 4.98 Å². The second-order valence-corrected chi connectivity index (χ2v) is 17.3. The van der Waals surface area contributed by atoms with E-state index in [9.17, 15) is 14.4 Å². The summed E-state index contributed by atoms with van der Waals surface area (Å²) in [5, 5.41) is 3.45. The molecule has 9 rings (SSSR count). The van der Waals surface area contributed by atoms with Crippen molar-refractivity contribution in [2.45, 2.75) is 88.1 Å². The van der Waals surface area contributed by atoms with Crippen molar-refractivity contribution in [1.29, 1.82) is 0 Å². The van der Waals surface area contributed by atoms with Gasteiger partial charge in [0, 0.05) is 23.6 Å². The third-order valence-corrected chi connectivity index (χ3v) is 14.4. The Hall–Kier alpha value is -4.19. The molecule has 1 aliphatic carbocycles. The standard InChI is InChI=1S/C43H45BrN6O3S/c1-27-39(54-26-46-27)30-10-8-29(9-11-30)38(45-25-51)41(53)49-22-16-32(17-23-49)48-20-14-28(15-21-48)31-12-13-33-36(24-31)50-35-7-5-6-34(44)37(35)40(52)47-42(50)43(33)18-3-2-4-19-43/h5-13,24-26,28,32,38H,2-4,14-23H2,1H3,(H,45,51). The maximum Gasteiger partial charge on any atom is 0.281 e. The molecule has 1 N–H and O–H groups in total. The Morgan fingerprint density at radius 2 is 1.74 bits per heavy atom. The number of thiazole rings is 1. The first-order chi connectivity index (χ1) is 26.4. The van der Waals surface area contributed by atoms with Crippen LogP contribution in [0.1, 0.15) is 98.0 Å². The van der Waals surface area contributed by atoms with E-state index in [0.29, 0.717) is 36.8 Å². The van der Waals surface area contributed by atoms with E-state index in [1.165, 1.54) is 23.2 Å². The van der Waals surface area contributed by atoms with Crippen LogP contribution in [0.2, 0.25) is 0 Å². The molecule has 0 radical (unpaired) electrons. The summed E-state index contributed by atoms with van der Waals surface area (Å²) in [6.07, 6.45) is 10.3. The van der Waals surface area contributed by atoms with Crippen LogP contribution in [0.25, 0.3) is 27.0 Å². The van der Waals surface area contributed by atoms with Crippen LogP contribution in [0.3, 0.4) is 0 Å². The molecule has 278 valence electrons. The van der Waals surface area contributed by atoms with Crippen molar-refractivity contribution in [3.63, 3.8) is 0 Å². The largest absolute Gasteiger partial charge is 0.343 e. The Kier molecular flexibility index (Phi) is 9.51. The van der Waals surface area contributed by atoms with Gasteiger partial charge in [0.05, 0.1) is 38.1 Å². The number of amides is 2.